The summed E-state index contributed by atoms with van der Waals surface area (Å²) in [4.78, 5) is 23.9. The number of Topliss-reactive ketones (excluding diaryl/α,β-unsaturated/α-hetero) is 1. The van der Waals surface area contributed by atoms with Crippen LogP contribution >= 0.6 is 0 Å². The molecule has 1 aliphatic rings. The van der Waals surface area contributed by atoms with Crippen molar-refractivity contribution in [2.24, 2.45) is 17.8 Å². The zero-order valence-corrected chi connectivity index (χ0v) is 13.6. The van der Waals surface area contributed by atoms with Crippen LogP contribution in [0.1, 0.15) is 44.6 Å². The standard InChI is InChI=1S/C19H26O3/c1-14-11-12-18(20)16(17(14)13-19(21)22-2)10-6-9-15-7-4-3-5-8-15/h3-5,7-8,14,16-17H,6,9-13H2,1-2H3/t14-,16+,17+/m0/s1. The van der Waals surface area contributed by atoms with Crippen molar-refractivity contribution in [2.45, 2.75) is 45.4 Å². The minimum atomic E-state index is -0.195. The molecule has 1 saturated carbocycles. The summed E-state index contributed by atoms with van der Waals surface area (Å²) in [5, 5.41) is 0. The van der Waals surface area contributed by atoms with E-state index in [1.165, 1.54) is 12.7 Å². The van der Waals surface area contributed by atoms with Crippen LogP contribution in [-0.4, -0.2) is 18.9 Å². The molecule has 0 heterocycles. The van der Waals surface area contributed by atoms with Gasteiger partial charge in [0.05, 0.1) is 7.11 Å². The number of ether oxygens (including phenoxy) is 1. The van der Waals surface area contributed by atoms with Crippen molar-refractivity contribution >= 4 is 11.8 Å². The van der Waals surface area contributed by atoms with Crippen molar-refractivity contribution in [3.8, 4) is 0 Å². The molecular formula is C19H26O3. The quantitative estimate of drug-likeness (QED) is 0.751. The first kappa shape index (κ1) is 16.7. The average molecular weight is 302 g/mol. The van der Waals surface area contributed by atoms with Gasteiger partial charge in [0, 0.05) is 18.8 Å². The van der Waals surface area contributed by atoms with Crippen LogP contribution in [0.15, 0.2) is 30.3 Å². The molecule has 1 fully saturated rings. The highest BCUT2D eigenvalue weighted by Crippen LogP contribution is 2.37. The van der Waals surface area contributed by atoms with Gasteiger partial charge < -0.3 is 4.74 Å². The Balaban J connectivity index is 1.94. The van der Waals surface area contributed by atoms with Gasteiger partial charge in [-0.2, -0.15) is 0 Å². The van der Waals surface area contributed by atoms with Crippen LogP contribution in [0.25, 0.3) is 0 Å². The second-order valence-corrected chi connectivity index (χ2v) is 6.41. The van der Waals surface area contributed by atoms with Gasteiger partial charge in [-0.3, -0.25) is 9.59 Å². The molecule has 1 aromatic carbocycles. The molecule has 22 heavy (non-hydrogen) atoms. The summed E-state index contributed by atoms with van der Waals surface area (Å²) in [6.45, 7) is 2.16. The van der Waals surface area contributed by atoms with Crippen molar-refractivity contribution < 1.29 is 14.3 Å². The fourth-order valence-corrected chi connectivity index (χ4v) is 3.57. The molecule has 0 aromatic heterocycles. The maximum absolute atomic E-state index is 12.3. The zero-order chi connectivity index (χ0) is 15.9. The molecule has 3 atom stereocenters. The summed E-state index contributed by atoms with van der Waals surface area (Å²) in [5.74, 6) is 0.717. The summed E-state index contributed by atoms with van der Waals surface area (Å²) in [6.07, 6.45) is 4.79. The number of benzene rings is 1. The number of rotatable bonds is 6. The van der Waals surface area contributed by atoms with E-state index in [-0.39, 0.29) is 17.8 Å². The van der Waals surface area contributed by atoms with E-state index < -0.39 is 0 Å². The van der Waals surface area contributed by atoms with Gasteiger partial charge in [-0.25, -0.2) is 0 Å². The smallest absolute Gasteiger partial charge is 0.305 e. The molecule has 1 aromatic rings. The topological polar surface area (TPSA) is 43.4 Å². The summed E-state index contributed by atoms with van der Waals surface area (Å²) in [6, 6.07) is 10.4. The molecule has 120 valence electrons. The van der Waals surface area contributed by atoms with E-state index in [1.807, 2.05) is 18.2 Å². The Morgan fingerprint density at radius 2 is 2.00 bits per heavy atom. The number of hydrogen-bond donors (Lipinski definition) is 0. The molecule has 0 saturated heterocycles. The lowest BCUT2D eigenvalue weighted by molar-refractivity contribution is -0.144. The van der Waals surface area contributed by atoms with E-state index in [0.29, 0.717) is 24.5 Å². The minimum Gasteiger partial charge on any atom is -0.469 e. The van der Waals surface area contributed by atoms with E-state index in [1.54, 1.807) is 0 Å². The maximum Gasteiger partial charge on any atom is 0.305 e. The van der Waals surface area contributed by atoms with E-state index >= 15 is 0 Å². The second kappa shape index (κ2) is 8.11. The molecule has 0 N–H and O–H groups in total. The number of hydrogen-bond acceptors (Lipinski definition) is 3. The second-order valence-electron chi connectivity index (χ2n) is 6.41. The average Bonchev–Trinajstić information content (AvgIpc) is 2.54. The van der Waals surface area contributed by atoms with E-state index in [4.69, 9.17) is 4.74 Å². The summed E-state index contributed by atoms with van der Waals surface area (Å²) >= 11 is 0. The summed E-state index contributed by atoms with van der Waals surface area (Å²) in [7, 11) is 1.42. The Morgan fingerprint density at radius 1 is 1.27 bits per heavy atom. The molecule has 0 radical (unpaired) electrons. The fraction of sp³-hybridized carbons (Fsp3) is 0.579. The van der Waals surface area contributed by atoms with Crippen molar-refractivity contribution in [3.05, 3.63) is 35.9 Å². The molecule has 0 unspecified atom stereocenters. The Morgan fingerprint density at radius 3 is 2.68 bits per heavy atom. The lowest BCUT2D eigenvalue weighted by atomic mass is 9.69. The number of carbonyl (C=O) groups is 2. The van der Waals surface area contributed by atoms with Crippen molar-refractivity contribution in [2.75, 3.05) is 7.11 Å². The Hall–Kier alpha value is -1.64. The minimum absolute atomic E-state index is 0.0200. The highest BCUT2D eigenvalue weighted by molar-refractivity contribution is 5.83. The monoisotopic (exact) mass is 302 g/mol. The lowest BCUT2D eigenvalue weighted by Gasteiger charge is -2.35. The zero-order valence-electron chi connectivity index (χ0n) is 13.6. The molecule has 3 heteroatoms. The van der Waals surface area contributed by atoms with Crippen LogP contribution in [-0.2, 0) is 20.7 Å². The molecule has 0 bridgehead atoms. The van der Waals surface area contributed by atoms with Crippen LogP contribution in [0.5, 0.6) is 0 Å². The first-order chi connectivity index (χ1) is 10.6. The molecule has 1 aliphatic carbocycles. The van der Waals surface area contributed by atoms with Crippen LogP contribution in [0.4, 0.5) is 0 Å². The number of methoxy groups -OCH3 is 1. The molecule has 0 amide bonds. The molecule has 2 rings (SSSR count). The van der Waals surface area contributed by atoms with Crippen LogP contribution < -0.4 is 0 Å². The highest BCUT2D eigenvalue weighted by Gasteiger charge is 2.37. The van der Waals surface area contributed by atoms with E-state index in [2.05, 4.69) is 19.1 Å². The molecule has 0 spiro atoms. The SMILES string of the molecule is COC(=O)C[C@@H]1[C@@H](C)CCC(=O)[C@@H]1CCCc1ccccc1. The van der Waals surface area contributed by atoms with Crippen LogP contribution in [0, 0.1) is 17.8 Å². The van der Waals surface area contributed by atoms with E-state index in [0.717, 1.165) is 25.7 Å². The Kier molecular flexibility index (Phi) is 6.17. The normalized spacial score (nSPS) is 25.0. The summed E-state index contributed by atoms with van der Waals surface area (Å²) < 4.78 is 4.81. The van der Waals surface area contributed by atoms with Gasteiger partial charge in [0.1, 0.15) is 5.78 Å². The molecule has 0 aliphatic heterocycles. The number of aryl methyl sites for hydroxylation is 1. The Labute approximate surface area is 133 Å². The van der Waals surface area contributed by atoms with Crippen molar-refractivity contribution in [3.63, 3.8) is 0 Å². The fourth-order valence-electron chi connectivity index (χ4n) is 3.57. The largest absolute Gasteiger partial charge is 0.469 e. The van der Waals surface area contributed by atoms with Gasteiger partial charge in [0.15, 0.2) is 0 Å². The third-order valence-electron chi connectivity index (χ3n) is 4.96. The predicted octanol–water partition coefficient (Wildman–Crippen LogP) is 3.80. The molecule has 3 nitrogen and oxygen atoms in total. The third-order valence-corrected chi connectivity index (χ3v) is 4.96. The van der Waals surface area contributed by atoms with Gasteiger partial charge in [0.25, 0.3) is 0 Å². The van der Waals surface area contributed by atoms with Gasteiger partial charge in [-0.15, -0.1) is 0 Å². The van der Waals surface area contributed by atoms with Crippen molar-refractivity contribution in [1.82, 2.24) is 0 Å². The lowest BCUT2D eigenvalue weighted by Crippen LogP contribution is -2.35. The van der Waals surface area contributed by atoms with E-state index in [9.17, 15) is 9.59 Å². The number of ketones is 1. The van der Waals surface area contributed by atoms with Gasteiger partial charge in [-0.05, 0) is 43.1 Å². The predicted molar refractivity (Wildman–Crippen MR) is 86.4 cm³/mol. The van der Waals surface area contributed by atoms with Crippen molar-refractivity contribution in [1.29, 1.82) is 0 Å². The van der Waals surface area contributed by atoms with Gasteiger partial charge in [0.2, 0.25) is 0 Å². The first-order valence-electron chi connectivity index (χ1n) is 8.25. The van der Waals surface area contributed by atoms with Crippen LogP contribution in [0.3, 0.4) is 0 Å². The molecular weight excluding hydrogens is 276 g/mol. The third kappa shape index (κ3) is 4.43. The number of esters is 1. The van der Waals surface area contributed by atoms with Gasteiger partial charge in [-0.1, -0.05) is 37.3 Å². The maximum atomic E-state index is 12.3. The summed E-state index contributed by atoms with van der Waals surface area (Å²) in [5.41, 5.74) is 1.31. The highest BCUT2D eigenvalue weighted by atomic mass is 16.5. The van der Waals surface area contributed by atoms with Gasteiger partial charge >= 0.3 is 5.97 Å². The Bertz CT molecular complexity index is 495. The van der Waals surface area contributed by atoms with Crippen LogP contribution in [0.2, 0.25) is 0 Å². The number of carbonyl (C=O) groups excluding carboxylic acids is 2. The first-order valence-corrected chi connectivity index (χ1v) is 8.25.